The van der Waals surface area contributed by atoms with Gasteiger partial charge in [0.25, 0.3) is 0 Å². The van der Waals surface area contributed by atoms with Crippen LogP contribution >= 0.6 is 0 Å². The molecule has 1 aliphatic heterocycles. The number of rotatable bonds is 4. The molecule has 110 valence electrons. The molecular formula is C18H21FN2. The molecule has 1 fully saturated rings. The number of anilines is 1. The van der Waals surface area contributed by atoms with Crippen LogP contribution in [-0.2, 0) is 6.54 Å². The number of nitrogens with zero attached hydrogens (tertiary/aromatic N) is 1. The zero-order chi connectivity index (χ0) is 14.7. The summed E-state index contributed by atoms with van der Waals surface area (Å²) in [5.41, 5.74) is 1.94. The first-order valence-electron chi connectivity index (χ1n) is 7.53. The van der Waals surface area contributed by atoms with Crippen molar-refractivity contribution in [2.24, 2.45) is 0 Å². The molecule has 0 radical (unpaired) electrons. The van der Waals surface area contributed by atoms with Crippen LogP contribution in [0.2, 0.25) is 0 Å². The Balaban J connectivity index is 1.64. The van der Waals surface area contributed by atoms with Crippen molar-refractivity contribution in [1.29, 1.82) is 0 Å². The van der Waals surface area contributed by atoms with Gasteiger partial charge in [-0.05, 0) is 31.0 Å². The third-order valence-corrected chi connectivity index (χ3v) is 4.33. The van der Waals surface area contributed by atoms with Gasteiger partial charge in [-0.3, -0.25) is 4.90 Å². The second-order valence-electron chi connectivity index (χ2n) is 5.72. The van der Waals surface area contributed by atoms with Gasteiger partial charge in [0.1, 0.15) is 5.82 Å². The van der Waals surface area contributed by atoms with E-state index in [1.54, 1.807) is 6.07 Å². The minimum absolute atomic E-state index is 0.175. The van der Waals surface area contributed by atoms with Gasteiger partial charge in [0.2, 0.25) is 0 Å². The highest BCUT2D eigenvalue weighted by Crippen LogP contribution is 2.24. The summed E-state index contributed by atoms with van der Waals surface area (Å²) in [4.78, 5) is 2.45. The first-order valence-corrected chi connectivity index (χ1v) is 7.53. The summed E-state index contributed by atoms with van der Waals surface area (Å²) >= 11 is 0. The van der Waals surface area contributed by atoms with Crippen molar-refractivity contribution in [3.05, 3.63) is 66.0 Å². The molecule has 3 rings (SSSR count). The van der Waals surface area contributed by atoms with Gasteiger partial charge in [0, 0.05) is 25.2 Å². The Bertz CT molecular complexity index is 585. The fraction of sp³-hybridized carbons (Fsp3) is 0.333. The van der Waals surface area contributed by atoms with Crippen LogP contribution in [0.3, 0.4) is 0 Å². The highest BCUT2D eigenvalue weighted by atomic mass is 19.1. The van der Waals surface area contributed by atoms with Gasteiger partial charge in [-0.2, -0.15) is 0 Å². The van der Waals surface area contributed by atoms with E-state index in [-0.39, 0.29) is 5.82 Å². The largest absolute Gasteiger partial charge is 0.378 e. The zero-order valence-corrected chi connectivity index (χ0v) is 12.3. The molecule has 0 bridgehead atoms. The monoisotopic (exact) mass is 284 g/mol. The first kappa shape index (κ1) is 14.1. The molecule has 1 aliphatic rings. The molecule has 0 aliphatic carbocycles. The SMILES string of the molecule is CC1C(Nc2ccccc2F)CCN1Cc1ccccc1. The Hall–Kier alpha value is -1.87. The van der Waals surface area contributed by atoms with Crippen LogP contribution in [0, 0.1) is 5.82 Å². The lowest BCUT2D eigenvalue weighted by atomic mass is 10.1. The summed E-state index contributed by atoms with van der Waals surface area (Å²) in [7, 11) is 0. The van der Waals surface area contributed by atoms with Gasteiger partial charge in [0.15, 0.2) is 0 Å². The summed E-state index contributed by atoms with van der Waals surface area (Å²) in [6.45, 7) is 4.22. The lowest BCUT2D eigenvalue weighted by Crippen LogP contribution is -2.35. The van der Waals surface area contributed by atoms with Crippen molar-refractivity contribution in [3.63, 3.8) is 0 Å². The van der Waals surface area contributed by atoms with Crippen LogP contribution in [0.1, 0.15) is 18.9 Å². The molecule has 0 amide bonds. The van der Waals surface area contributed by atoms with E-state index in [0.717, 1.165) is 19.5 Å². The van der Waals surface area contributed by atoms with Crippen LogP contribution < -0.4 is 5.32 Å². The predicted octanol–water partition coefficient (Wildman–Crippen LogP) is 3.90. The van der Waals surface area contributed by atoms with Crippen LogP contribution in [-0.4, -0.2) is 23.5 Å². The van der Waals surface area contributed by atoms with E-state index < -0.39 is 0 Å². The molecule has 2 aromatic rings. The summed E-state index contributed by atoms with van der Waals surface area (Å²) in [6, 6.07) is 18.1. The molecular weight excluding hydrogens is 263 g/mol. The molecule has 3 heteroatoms. The maximum Gasteiger partial charge on any atom is 0.146 e. The van der Waals surface area contributed by atoms with Crippen LogP contribution in [0.15, 0.2) is 54.6 Å². The summed E-state index contributed by atoms with van der Waals surface area (Å²) in [5, 5.41) is 3.36. The van der Waals surface area contributed by atoms with Gasteiger partial charge >= 0.3 is 0 Å². The highest BCUT2D eigenvalue weighted by Gasteiger charge is 2.30. The second-order valence-corrected chi connectivity index (χ2v) is 5.72. The number of hydrogen-bond acceptors (Lipinski definition) is 2. The number of hydrogen-bond donors (Lipinski definition) is 1. The molecule has 0 saturated carbocycles. The van der Waals surface area contributed by atoms with Crippen molar-refractivity contribution in [2.75, 3.05) is 11.9 Å². The Kier molecular flexibility index (Phi) is 4.20. The zero-order valence-electron chi connectivity index (χ0n) is 12.3. The predicted molar refractivity (Wildman–Crippen MR) is 84.7 cm³/mol. The van der Waals surface area contributed by atoms with E-state index >= 15 is 0 Å². The Morgan fingerprint density at radius 1 is 1.10 bits per heavy atom. The topological polar surface area (TPSA) is 15.3 Å². The van der Waals surface area contributed by atoms with E-state index in [9.17, 15) is 4.39 Å². The first-order chi connectivity index (χ1) is 10.2. The number of benzene rings is 2. The third kappa shape index (κ3) is 3.24. The maximum atomic E-state index is 13.7. The normalized spacial score (nSPS) is 22.4. The van der Waals surface area contributed by atoms with E-state index in [0.29, 0.717) is 17.8 Å². The molecule has 1 heterocycles. The van der Waals surface area contributed by atoms with Crippen molar-refractivity contribution in [3.8, 4) is 0 Å². The van der Waals surface area contributed by atoms with Gasteiger partial charge in [0.05, 0.1) is 5.69 Å². The number of halogens is 1. The minimum Gasteiger partial charge on any atom is -0.378 e. The van der Waals surface area contributed by atoms with Gasteiger partial charge in [-0.1, -0.05) is 42.5 Å². The summed E-state index contributed by atoms with van der Waals surface area (Å²) in [5.74, 6) is -0.175. The minimum atomic E-state index is -0.175. The Morgan fingerprint density at radius 2 is 1.81 bits per heavy atom. The van der Waals surface area contributed by atoms with E-state index in [1.165, 1.54) is 11.6 Å². The molecule has 0 aromatic heterocycles. The fourth-order valence-electron chi connectivity index (χ4n) is 3.02. The lowest BCUT2D eigenvalue weighted by Gasteiger charge is -2.26. The molecule has 21 heavy (non-hydrogen) atoms. The standard InChI is InChI=1S/C18H21FN2/c1-14-17(20-18-10-6-5-9-16(18)19)11-12-21(14)13-15-7-3-2-4-8-15/h2-10,14,17,20H,11-13H2,1H3. The molecule has 2 aromatic carbocycles. The van der Waals surface area contributed by atoms with Crippen LogP contribution in [0.25, 0.3) is 0 Å². The third-order valence-electron chi connectivity index (χ3n) is 4.33. The summed E-state index contributed by atoms with van der Waals surface area (Å²) < 4.78 is 13.7. The van der Waals surface area contributed by atoms with E-state index in [2.05, 4.69) is 41.4 Å². The molecule has 2 nitrogen and oxygen atoms in total. The van der Waals surface area contributed by atoms with Gasteiger partial charge in [-0.15, -0.1) is 0 Å². The quantitative estimate of drug-likeness (QED) is 0.916. The average Bonchev–Trinajstić information content (AvgIpc) is 2.84. The van der Waals surface area contributed by atoms with Crippen molar-refractivity contribution >= 4 is 5.69 Å². The highest BCUT2D eigenvalue weighted by molar-refractivity contribution is 5.45. The molecule has 1 saturated heterocycles. The lowest BCUT2D eigenvalue weighted by molar-refractivity contribution is 0.255. The van der Waals surface area contributed by atoms with Crippen molar-refractivity contribution in [1.82, 2.24) is 4.90 Å². The molecule has 0 spiro atoms. The second kappa shape index (κ2) is 6.27. The van der Waals surface area contributed by atoms with E-state index in [1.807, 2.05) is 18.2 Å². The smallest absolute Gasteiger partial charge is 0.146 e. The van der Waals surface area contributed by atoms with Crippen LogP contribution in [0.5, 0.6) is 0 Å². The van der Waals surface area contributed by atoms with E-state index in [4.69, 9.17) is 0 Å². The van der Waals surface area contributed by atoms with Crippen LogP contribution in [0.4, 0.5) is 10.1 Å². The average molecular weight is 284 g/mol. The number of likely N-dealkylation sites (tertiary alicyclic amines) is 1. The molecule has 2 atom stereocenters. The Morgan fingerprint density at radius 3 is 2.57 bits per heavy atom. The number of nitrogens with one attached hydrogen (secondary N) is 1. The van der Waals surface area contributed by atoms with Crippen molar-refractivity contribution < 1.29 is 4.39 Å². The summed E-state index contributed by atoms with van der Waals surface area (Å²) in [6.07, 6.45) is 1.04. The van der Waals surface area contributed by atoms with Crippen molar-refractivity contribution in [2.45, 2.75) is 32.0 Å². The fourth-order valence-corrected chi connectivity index (χ4v) is 3.02. The molecule has 1 N–H and O–H groups in total. The maximum absolute atomic E-state index is 13.7. The Labute approximate surface area is 125 Å². The number of para-hydroxylation sites is 1. The van der Waals surface area contributed by atoms with Gasteiger partial charge in [-0.25, -0.2) is 4.39 Å². The molecule has 2 unspecified atom stereocenters. The van der Waals surface area contributed by atoms with Gasteiger partial charge < -0.3 is 5.32 Å².